The number of hydrogen-bond acceptors (Lipinski definition) is 4. The number of ether oxygens (including phenoxy) is 2. The number of nitrogens with two attached hydrogens (primary N) is 1. The first-order valence-corrected chi connectivity index (χ1v) is 4.90. The summed E-state index contributed by atoms with van der Waals surface area (Å²) < 4.78 is 10.6. The highest BCUT2D eigenvalue weighted by Crippen LogP contribution is 2.25. The molecule has 1 atom stereocenters. The molecule has 0 aliphatic rings. The standard InChI is InChI=1S/C11H17NO3/c1-14-10-4-2-3-5-11(10)15-7-6-9(12)8-13/h2-5,9,13H,6-8,12H2,1H3. The summed E-state index contributed by atoms with van der Waals surface area (Å²) in [5, 5.41) is 8.73. The first kappa shape index (κ1) is 11.8. The van der Waals surface area contributed by atoms with Gasteiger partial charge in [0.05, 0.1) is 20.3 Å². The Labute approximate surface area is 89.6 Å². The molecular formula is C11H17NO3. The summed E-state index contributed by atoms with van der Waals surface area (Å²) in [6.07, 6.45) is 0.620. The third-order valence-electron chi connectivity index (χ3n) is 2.05. The van der Waals surface area contributed by atoms with E-state index in [-0.39, 0.29) is 12.6 Å². The molecule has 0 saturated carbocycles. The summed E-state index contributed by atoms with van der Waals surface area (Å²) in [4.78, 5) is 0. The summed E-state index contributed by atoms with van der Waals surface area (Å²) in [6, 6.07) is 7.21. The first-order valence-electron chi connectivity index (χ1n) is 4.90. The molecule has 0 aromatic heterocycles. The van der Waals surface area contributed by atoms with Crippen LogP contribution in [0.4, 0.5) is 0 Å². The summed E-state index contributed by atoms with van der Waals surface area (Å²) in [5.41, 5.74) is 5.55. The fourth-order valence-electron chi connectivity index (χ4n) is 1.15. The lowest BCUT2D eigenvalue weighted by atomic mass is 10.2. The molecule has 84 valence electrons. The Morgan fingerprint density at radius 3 is 2.60 bits per heavy atom. The van der Waals surface area contributed by atoms with E-state index in [2.05, 4.69) is 0 Å². The molecule has 0 aliphatic heterocycles. The molecule has 0 heterocycles. The molecule has 15 heavy (non-hydrogen) atoms. The molecule has 1 rings (SSSR count). The molecule has 0 saturated heterocycles. The Kier molecular flexibility index (Phi) is 4.93. The average molecular weight is 211 g/mol. The smallest absolute Gasteiger partial charge is 0.161 e. The van der Waals surface area contributed by atoms with Gasteiger partial charge in [0.2, 0.25) is 0 Å². The van der Waals surface area contributed by atoms with E-state index in [9.17, 15) is 0 Å². The molecule has 1 aromatic rings. The second kappa shape index (κ2) is 6.27. The van der Waals surface area contributed by atoms with Gasteiger partial charge in [0, 0.05) is 6.04 Å². The van der Waals surface area contributed by atoms with Crippen molar-refractivity contribution < 1.29 is 14.6 Å². The van der Waals surface area contributed by atoms with E-state index in [1.54, 1.807) is 7.11 Å². The highest BCUT2D eigenvalue weighted by Gasteiger charge is 2.04. The molecule has 1 unspecified atom stereocenters. The van der Waals surface area contributed by atoms with Gasteiger partial charge in [-0.25, -0.2) is 0 Å². The van der Waals surface area contributed by atoms with Crippen LogP contribution in [0.15, 0.2) is 24.3 Å². The normalized spacial score (nSPS) is 12.2. The number of aliphatic hydroxyl groups is 1. The Morgan fingerprint density at radius 2 is 2.00 bits per heavy atom. The molecule has 0 fully saturated rings. The lowest BCUT2D eigenvalue weighted by Crippen LogP contribution is -2.26. The van der Waals surface area contributed by atoms with Crippen molar-refractivity contribution in [2.45, 2.75) is 12.5 Å². The Hall–Kier alpha value is -1.26. The molecule has 0 aliphatic carbocycles. The summed E-state index contributed by atoms with van der Waals surface area (Å²) in [5.74, 6) is 1.40. The zero-order chi connectivity index (χ0) is 11.1. The van der Waals surface area contributed by atoms with Crippen molar-refractivity contribution in [1.82, 2.24) is 0 Å². The van der Waals surface area contributed by atoms with E-state index in [4.69, 9.17) is 20.3 Å². The van der Waals surface area contributed by atoms with E-state index < -0.39 is 0 Å². The number of para-hydroxylation sites is 2. The number of rotatable bonds is 6. The van der Waals surface area contributed by atoms with Crippen molar-refractivity contribution in [2.75, 3.05) is 20.3 Å². The predicted octanol–water partition coefficient (Wildman–Crippen LogP) is 0.784. The zero-order valence-electron chi connectivity index (χ0n) is 8.85. The minimum Gasteiger partial charge on any atom is -0.493 e. The number of aliphatic hydroxyl groups excluding tert-OH is 1. The second-order valence-corrected chi connectivity index (χ2v) is 3.23. The maximum Gasteiger partial charge on any atom is 0.161 e. The quantitative estimate of drug-likeness (QED) is 0.730. The van der Waals surface area contributed by atoms with E-state index in [1.807, 2.05) is 24.3 Å². The highest BCUT2D eigenvalue weighted by atomic mass is 16.5. The van der Waals surface area contributed by atoms with Crippen LogP contribution in [0.25, 0.3) is 0 Å². The van der Waals surface area contributed by atoms with Crippen molar-refractivity contribution in [3.63, 3.8) is 0 Å². The van der Waals surface area contributed by atoms with Gasteiger partial charge in [0.15, 0.2) is 11.5 Å². The largest absolute Gasteiger partial charge is 0.493 e. The summed E-state index contributed by atoms with van der Waals surface area (Å²) in [7, 11) is 1.60. The van der Waals surface area contributed by atoms with Crippen molar-refractivity contribution >= 4 is 0 Å². The van der Waals surface area contributed by atoms with Crippen LogP contribution < -0.4 is 15.2 Å². The number of hydrogen-bond donors (Lipinski definition) is 2. The maximum absolute atomic E-state index is 8.73. The molecule has 0 radical (unpaired) electrons. The minimum absolute atomic E-state index is 0.0186. The van der Waals surface area contributed by atoms with Crippen LogP contribution in [0.3, 0.4) is 0 Å². The average Bonchev–Trinajstić information content (AvgIpc) is 2.29. The van der Waals surface area contributed by atoms with E-state index in [0.29, 0.717) is 24.5 Å². The molecule has 4 heteroatoms. The molecule has 1 aromatic carbocycles. The highest BCUT2D eigenvalue weighted by molar-refractivity contribution is 5.39. The first-order chi connectivity index (χ1) is 7.27. The number of methoxy groups -OCH3 is 1. The van der Waals surface area contributed by atoms with Crippen LogP contribution in [-0.4, -0.2) is 31.5 Å². The Bertz CT molecular complexity index is 291. The van der Waals surface area contributed by atoms with E-state index >= 15 is 0 Å². The van der Waals surface area contributed by atoms with Crippen LogP contribution in [0.1, 0.15) is 6.42 Å². The molecular weight excluding hydrogens is 194 g/mol. The minimum atomic E-state index is -0.222. The topological polar surface area (TPSA) is 64.7 Å². The van der Waals surface area contributed by atoms with Gasteiger partial charge in [-0.15, -0.1) is 0 Å². The van der Waals surface area contributed by atoms with E-state index in [0.717, 1.165) is 0 Å². The van der Waals surface area contributed by atoms with Crippen LogP contribution in [0, 0.1) is 0 Å². The Balaban J connectivity index is 2.43. The van der Waals surface area contributed by atoms with Crippen LogP contribution in [0.2, 0.25) is 0 Å². The number of benzene rings is 1. The lowest BCUT2D eigenvalue weighted by molar-refractivity contribution is 0.226. The van der Waals surface area contributed by atoms with Crippen LogP contribution >= 0.6 is 0 Å². The molecule has 0 amide bonds. The van der Waals surface area contributed by atoms with Gasteiger partial charge in [-0.05, 0) is 18.6 Å². The third-order valence-corrected chi connectivity index (χ3v) is 2.05. The van der Waals surface area contributed by atoms with Gasteiger partial charge in [-0.3, -0.25) is 0 Å². The van der Waals surface area contributed by atoms with Gasteiger partial charge >= 0.3 is 0 Å². The fourth-order valence-corrected chi connectivity index (χ4v) is 1.15. The monoisotopic (exact) mass is 211 g/mol. The molecule has 4 nitrogen and oxygen atoms in total. The van der Waals surface area contributed by atoms with Crippen molar-refractivity contribution in [3.8, 4) is 11.5 Å². The maximum atomic E-state index is 8.73. The van der Waals surface area contributed by atoms with Crippen molar-refractivity contribution in [2.24, 2.45) is 5.73 Å². The summed E-state index contributed by atoms with van der Waals surface area (Å²) >= 11 is 0. The van der Waals surface area contributed by atoms with Crippen molar-refractivity contribution in [1.29, 1.82) is 0 Å². The molecule has 3 N–H and O–H groups in total. The van der Waals surface area contributed by atoms with Gasteiger partial charge in [-0.2, -0.15) is 0 Å². The third kappa shape index (κ3) is 3.77. The summed E-state index contributed by atoms with van der Waals surface area (Å²) in [6.45, 7) is 0.456. The Morgan fingerprint density at radius 1 is 1.33 bits per heavy atom. The molecule has 0 bridgehead atoms. The predicted molar refractivity (Wildman–Crippen MR) is 58.2 cm³/mol. The molecule has 0 spiro atoms. The second-order valence-electron chi connectivity index (χ2n) is 3.23. The zero-order valence-corrected chi connectivity index (χ0v) is 8.85. The van der Waals surface area contributed by atoms with Crippen LogP contribution in [-0.2, 0) is 0 Å². The SMILES string of the molecule is COc1ccccc1OCCC(N)CO. The van der Waals surface area contributed by atoms with Crippen LogP contribution in [0.5, 0.6) is 11.5 Å². The van der Waals surface area contributed by atoms with Gasteiger partial charge in [0.25, 0.3) is 0 Å². The van der Waals surface area contributed by atoms with Crippen molar-refractivity contribution in [3.05, 3.63) is 24.3 Å². The van der Waals surface area contributed by atoms with Gasteiger partial charge < -0.3 is 20.3 Å². The fraction of sp³-hybridized carbons (Fsp3) is 0.455. The van der Waals surface area contributed by atoms with E-state index in [1.165, 1.54) is 0 Å². The van der Waals surface area contributed by atoms with Gasteiger partial charge in [0.1, 0.15) is 0 Å². The van der Waals surface area contributed by atoms with Gasteiger partial charge in [-0.1, -0.05) is 12.1 Å². The lowest BCUT2D eigenvalue weighted by Gasteiger charge is -2.12.